The van der Waals surface area contributed by atoms with Gasteiger partial charge in [0.1, 0.15) is 22.9 Å². The molecule has 1 heterocycles. The molecule has 1 unspecified atom stereocenters. The quantitative estimate of drug-likeness (QED) is 0.946. The summed E-state index contributed by atoms with van der Waals surface area (Å²) in [5.74, 6) is -3.51. The zero-order valence-electron chi connectivity index (χ0n) is 11.5. The zero-order chi connectivity index (χ0) is 15.6. The highest BCUT2D eigenvalue weighted by Crippen LogP contribution is 2.26. The summed E-state index contributed by atoms with van der Waals surface area (Å²) in [5.41, 5.74) is 0.0667. The highest BCUT2D eigenvalue weighted by Gasteiger charge is 2.25. The fourth-order valence-electron chi connectivity index (χ4n) is 1.95. The second kappa shape index (κ2) is 5.87. The van der Waals surface area contributed by atoms with Crippen molar-refractivity contribution in [3.8, 4) is 5.75 Å². The van der Waals surface area contributed by atoms with E-state index in [2.05, 4.69) is 4.98 Å². The van der Waals surface area contributed by atoms with Crippen LogP contribution in [0.5, 0.6) is 5.75 Å². The average molecular weight is 292 g/mol. The summed E-state index contributed by atoms with van der Waals surface area (Å²) in [4.78, 5) is 17.6. The Bertz CT molecular complexity index is 639. The van der Waals surface area contributed by atoms with Crippen molar-refractivity contribution < 1.29 is 18.7 Å². The molecule has 0 saturated heterocycles. The Balaban J connectivity index is 2.32. The molecule has 1 amide bonds. The average Bonchev–Trinajstić information content (AvgIpc) is 2.45. The Morgan fingerprint density at radius 1 is 1.33 bits per heavy atom. The molecule has 0 aliphatic carbocycles. The van der Waals surface area contributed by atoms with Crippen LogP contribution in [0.4, 0.5) is 8.78 Å². The standard InChI is InChI=1S/C15H14F2N2O2/c1-9(12-5-3-4-6-18-12)19(2)15(21)14-11(17)7-10(16)8-13(14)20/h3-9,20H,1-2H3. The van der Waals surface area contributed by atoms with Gasteiger partial charge in [0.05, 0.1) is 11.7 Å². The Morgan fingerprint density at radius 3 is 2.62 bits per heavy atom. The molecule has 1 atom stereocenters. The van der Waals surface area contributed by atoms with Crippen molar-refractivity contribution in [1.29, 1.82) is 0 Å². The number of nitrogens with zero attached hydrogens (tertiary/aromatic N) is 2. The number of aromatic hydroxyl groups is 1. The molecule has 4 nitrogen and oxygen atoms in total. The van der Waals surface area contributed by atoms with E-state index in [1.54, 1.807) is 31.3 Å². The summed E-state index contributed by atoms with van der Waals surface area (Å²) < 4.78 is 26.7. The summed E-state index contributed by atoms with van der Waals surface area (Å²) in [6.45, 7) is 1.72. The lowest BCUT2D eigenvalue weighted by molar-refractivity contribution is 0.0731. The van der Waals surface area contributed by atoms with Crippen LogP contribution < -0.4 is 0 Å². The third kappa shape index (κ3) is 2.99. The van der Waals surface area contributed by atoms with E-state index in [0.717, 1.165) is 0 Å². The maximum Gasteiger partial charge on any atom is 0.260 e. The molecular formula is C15H14F2N2O2. The first kappa shape index (κ1) is 14.9. The number of carbonyl (C=O) groups excluding carboxylic acids is 1. The van der Waals surface area contributed by atoms with Gasteiger partial charge in [0.15, 0.2) is 0 Å². The van der Waals surface area contributed by atoms with Crippen LogP contribution in [0.1, 0.15) is 29.0 Å². The number of rotatable bonds is 3. The maximum atomic E-state index is 13.7. The number of hydrogen-bond acceptors (Lipinski definition) is 3. The summed E-state index contributed by atoms with van der Waals surface area (Å²) in [5, 5.41) is 9.60. The van der Waals surface area contributed by atoms with Crippen molar-refractivity contribution in [1.82, 2.24) is 9.88 Å². The SMILES string of the molecule is CC(c1ccccn1)N(C)C(=O)c1c(O)cc(F)cc1F. The van der Waals surface area contributed by atoms with Gasteiger partial charge in [-0.25, -0.2) is 8.78 Å². The molecule has 0 bridgehead atoms. The van der Waals surface area contributed by atoms with E-state index in [1.165, 1.54) is 11.9 Å². The number of phenolic OH excluding ortho intramolecular Hbond substituents is 1. The van der Waals surface area contributed by atoms with E-state index >= 15 is 0 Å². The monoisotopic (exact) mass is 292 g/mol. The Kier molecular flexibility index (Phi) is 4.16. The molecule has 0 aliphatic rings. The van der Waals surface area contributed by atoms with Crippen molar-refractivity contribution >= 4 is 5.91 Å². The highest BCUT2D eigenvalue weighted by atomic mass is 19.1. The van der Waals surface area contributed by atoms with Crippen LogP contribution in [0.25, 0.3) is 0 Å². The predicted octanol–water partition coefficient (Wildman–Crippen LogP) is 2.90. The number of amides is 1. The molecule has 0 fully saturated rings. The molecule has 2 aromatic rings. The fourth-order valence-corrected chi connectivity index (χ4v) is 1.95. The van der Waals surface area contributed by atoms with E-state index in [9.17, 15) is 18.7 Å². The number of benzene rings is 1. The first-order chi connectivity index (χ1) is 9.91. The lowest BCUT2D eigenvalue weighted by Crippen LogP contribution is -2.30. The van der Waals surface area contributed by atoms with Gasteiger partial charge in [-0.1, -0.05) is 6.07 Å². The van der Waals surface area contributed by atoms with E-state index < -0.39 is 34.9 Å². The van der Waals surface area contributed by atoms with Gasteiger partial charge in [0.2, 0.25) is 0 Å². The number of phenols is 1. The molecule has 0 aliphatic heterocycles. The normalized spacial score (nSPS) is 12.0. The van der Waals surface area contributed by atoms with Crippen LogP contribution in [0.15, 0.2) is 36.5 Å². The van der Waals surface area contributed by atoms with Gasteiger partial charge < -0.3 is 10.0 Å². The third-order valence-corrected chi connectivity index (χ3v) is 3.27. The van der Waals surface area contributed by atoms with Gasteiger partial charge >= 0.3 is 0 Å². The van der Waals surface area contributed by atoms with Gasteiger partial charge in [0.25, 0.3) is 5.91 Å². The molecule has 1 aromatic heterocycles. The zero-order valence-corrected chi connectivity index (χ0v) is 11.5. The van der Waals surface area contributed by atoms with Crippen LogP contribution in [-0.4, -0.2) is 27.9 Å². The summed E-state index contributed by atoms with van der Waals surface area (Å²) >= 11 is 0. The first-order valence-electron chi connectivity index (χ1n) is 6.28. The van der Waals surface area contributed by atoms with Gasteiger partial charge in [-0.15, -0.1) is 0 Å². The van der Waals surface area contributed by atoms with E-state index in [4.69, 9.17) is 0 Å². The molecule has 110 valence electrons. The summed E-state index contributed by atoms with van der Waals surface area (Å²) in [6, 6.07) is 6.08. The fraction of sp³-hybridized carbons (Fsp3) is 0.200. The minimum Gasteiger partial charge on any atom is -0.507 e. The molecule has 1 aromatic carbocycles. The van der Waals surface area contributed by atoms with Gasteiger partial charge in [0, 0.05) is 25.4 Å². The Morgan fingerprint density at radius 2 is 2.05 bits per heavy atom. The maximum absolute atomic E-state index is 13.7. The van der Waals surface area contributed by atoms with Crippen LogP contribution in [-0.2, 0) is 0 Å². The second-order valence-electron chi connectivity index (χ2n) is 4.63. The molecule has 0 saturated carbocycles. The number of halogens is 2. The second-order valence-corrected chi connectivity index (χ2v) is 4.63. The van der Waals surface area contributed by atoms with Crippen molar-refractivity contribution in [2.24, 2.45) is 0 Å². The molecule has 0 spiro atoms. The number of carbonyl (C=O) groups is 1. The third-order valence-electron chi connectivity index (χ3n) is 3.27. The number of pyridine rings is 1. The van der Waals surface area contributed by atoms with Crippen molar-refractivity contribution in [3.05, 3.63) is 59.4 Å². The summed E-state index contributed by atoms with van der Waals surface area (Å²) in [7, 11) is 1.46. The Hall–Kier alpha value is -2.50. The van der Waals surface area contributed by atoms with Crippen LogP contribution in [0.2, 0.25) is 0 Å². The topological polar surface area (TPSA) is 53.4 Å². The van der Waals surface area contributed by atoms with Crippen LogP contribution >= 0.6 is 0 Å². The van der Waals surface area contributed by atoms with Crippen molar-refractivity contribution in [2.75, 3.05) is 7.05 Å². The van der Waals surface area contributed by atoms with Gasteiger partial charge in [-0.3, -0.25) is 9.78 Å². The lowest BCUT2D eigenvalue weighted by Gasteiger charge is -2.25. The smallest absolute Gasteiger partial charge is 0.260 e. The minimum atomic E-state index is -1.10. The molecule has 1 N–H and O–H groups in total. The van der Waals surface area contributed by atoms with E-state index in [-0.39, 0.29) is 0 Å². The predicted molar refractivity (Wildman–Crippen MR) is 72.8 cm³/mol. The molecule has 21 heavy (non-hydrogen) atoms. The van der Waals surface area contributed by atoms with E-state index in [0.29, 0.717) is 17.8 Å². The molecular weight excluding hydrogens is 278 g/mol. The van der Waals surface area contributed by atoms with Crippen LogP contribution in [0, 0.1) is 11.6 Å². The number of aromatic nitrogens is 1. The largest absolute Gasteiger partial charge is 0.507 e. The van der Waals surface area contributed by atoms with Gasteiger partial charge in [-0.05, 0) is 19.1 Å². The van der Waals surface area contributed by atoms with E-state index in [1.807, 2.05) is 0 Å². The minimum absolute atomic E-state index is 0.428. The van der Waals surface area contributed by atoms with Crippen LogP contribution in [0.3, 0.4) is 0 Å². The Labute approximate surface area is 120 Å². The molecule has 0 radical (unpaired) electrons. The lowest BCUT2D eigenvalue weighted by atomic mass is 10.1. The molecule has 2 rings (SSSR count). The highest BCUT2D eigenvalue weighted by molar-refractivity contribution is 5.97. The van der Waals surface area contributed by atoms with Gasteiger partial charge in [-0.2, -0.15) is 0 Å². The summed E-state index contributed by atoms with van der Waals surface area (Å²) in [6.07, 6.45) is 1.58. The first-order valence-corrected chi connectivity index (χ1v) is 6.28. The van der Waals surface area contributed by atoms with Crippen molar-refractivity contribution in [2.45, 2.75) is 13.0 Å². The number of hydrogen-bond donors (Lipinski definition) is 1. The van der Waals surface area contributed by atoms with Crippen molar-refractivity contribution in [3.63, 3.8) is 0 Å². The molecule has 6 heteroatoms.